The molecular weight excluding hydrogens is 262 g/mol. The van der Waals surface area contributed by atoms with Gasteiger partial charge in [-0.2, -0.15) is 0 Å². The molecule has 0 aromatic heterocycles. The van der Waals surface area contributed by atoms with Crippen LogP contribution in [-0.4, -0.2) is 26.2 Å². The number of carbonyl (C=O) groups excluding carboxylic acids is 1. The van der Waals surface area contributed by atoms with E-state index in [1.54, 1.807) is 0 Å². The van der Waals surface area contributed by atoms with Gasteiger partial charge < -0.3 is 0 Å². The molecule has 16 heavy (non-hydrogen) atoms. The summed E-state index contributed by atoms with van der Waals surface area (Å²) in [6.45, 7) is 0. The number of ketones is 1. The van der Waals surface area contributed by atoms with E-state index in [1.165, 1.54) is 0 Å². The zero-order valence-electron chi connectivity index (χ0n) is 8.13. The quantitative estimate of drug-likeness (QED) is 0.621. The maximum Gasteiger partial charge on any atom is 0.179 e. The second kappa shape index (κ2) is 4.47. The van der Waals surface area contributed by atoms with Crippen molar-refractivity contribution in [2.75, 3.05) is 12.0 Å². The molecule has 0 radical (unpaired) electrons. The molecule has 0 spiro atoms. The zero-order valence-corrected chi connectivity index (χ0v) is 9.70. The van der Waals surface area contributed by atoms with E-state index < -0.39 is 33.0 Å². The first kappa shape index (κ1) is 13.1. The number of sulfone groups is 1. The number of halogens is 3. The minimum absolute atomic E-state index is 0.312. The normalized spacial score (nSPS) is 11.5. The standard InChI is InChI=1S/C9H7ClF2O3S/c1-16(14,15)4-9(13)5-2-7(11)8(12)3-6(5)10/h2-3H,4H2,1H3. The molecule has 0 saturated heterocycles. The first-order valence-electron chi connectivity index (χ1n) is 4.06. The number of benzene rings is 1. The van der Waals surface area contributed by atoms with E-state index in [1.807, 2.05) is 0 Å². The monoisotopic (exact) mass is 268 g/mol. The topological polar surface area (TPSA) is 51.2 Å². The Hall–Kier alpha value is -1.01. The third-order valence-electron chi connectivity index (χ3n) is 1.70. The fourth-order valence-electron chi connectivity index (χ4n) is 1.05. The van der Waals surface area contributed by atoms with E-state index in [9.17, 15) is 22.0 Å². The Morgan fingerprint density at radius 1 is 1.31 bits per heavy atom. The average molecular weight is 269 g/mol. The van der Waals surface area contributed by atoms with Crippen molar-refractivity contribution >= 4 is 27.2 Å². The largest absolute Gasteiger partial charge is 0.293 e. The van der Waals surface area contributed by atoms with Crippen LogP contribution >= 0.6 is 11.6 Å². The van der Waals surface area contributed by atoms with Crippen LogP contribution in [0.4, 0.5) is 8.78 Å². The Bertz CT molecular complexity index is 540. The second-order valence-electron chi connectivity index (χ2n) is 3.24. The minimum Gasteiger partial charge on any atom is -0.293 e. The lowest BCUT2D eigenvalue weighted by atomic mass is 10.1. The lowest BCUT2D eigenvalue weighted by Gasteiger charge is -2.03. The lowest BCUT2D eigenvalue weighted by molar-refractivity contribution is 0.102. The molecule has 0 aliphatic rings. The third kappa shape index (κ3) is 3.24. The summed E-state index contributed by atoms with van der Waals surface area (Å²) < 4.78 is 47.2. The summed E-state index contributed by atoms with van der Waals surface area (Å²) in [5.41, 5.74) is -0.342. The van der Waals surface area contributed by atoms with Crippen LogP contribution in [0, 0.1) is 11.6 Å². The highest BCUT2D eigenvalue weighted by Gasteiger charge is 2.18. The predicted molar refractivity (Wildman–Crippen MR) is 55.4 cm³/mol. The fourth-order valence-corrected chi connectivity index (χ4v) is 1.94. The molecule has 7 heteroatoms. The Morgan fingerprint density at radius 2 is 1.81 bits per heavy atom. The molecule has 1 aromatic carbocycles. The van der Waals surface area contributed by atoms with Gasteiger partial charge in [-0.1, -0.05) is 11.6 Å². The first-order valence-corrected chi connectivity index (χ1v) is 6.50. The van der Waals surface area contributed by atoms with Gasteiger partial charge in [0, 0.05) is 11.8 Å². The van der Waals surface area contributed by atoms with Crippen molar-refractivity contribution in [2.24, 2.45) is 0 Å². The maximum absolute atomic E-state index is 12.8. The van der Waals surface area contributed by atoms with Gasteiger partial charge in [0.15, 0.2) is 27.3 Å². The number of hydrogen-bond donors (Lipinski definition) is 0. The van der Waals surface area contributed by atoms with Gasteiger partial charge in [0.1, 0.15) is 5.75 Å². The highest BCUT2D eigenvalue weighted by atomic mass is 35.5. The summed E-state index contributed by atoms with van der Waals surface area (Å²) in [4.78, 5) is 11.4. The minimum atomic E-state index is -3.54. The third-order valence-corrected chi connectivity index (χ3v) is 2.80. The summed E-state index contributed by atoms with van der Waals surface area (Å²) in [5.74, 6) is -4.11. The van der Waals surface area contributed by atoms with E-state index in [0.717, 1.165) is 6.26 Å². The zero-order chi connectivity index (χ0) is 12.5. The van der Waals surface area contributed by atoms with Crippen molar-refractivity contribution in [3.63, 3.8) is 0 Å². The lowest BCUT2D eigenvalue weighted by Crippen LogP contribution is -2.15. The Kier molecular flexibility index (Phi) is 3.64. The second-order valence-corrected chi connectivity index (χ2v) is 5.79. The van der Waals surface area contributed by atoms with E-state index in [2.05, 4.69) is 0 Å². The van der Waals surface area contributed by atoms with Gasteiger partial charge in [0.25, 0.3) is 0 Å². The molecule has 0 heterocycles. The van der Waals surface area contributed by atoms with Crippen molar-refractivity contribution in [1.29, 1.82) is 0 Å². The number of hydrogen-bond acceptors (Lipinski definition) is 3. The Morgan fingerprint density at radius 3 is 2.31 bits per heavy atom. The van der Waals surface area contributed by atoms with Crippen molar-refractivity contribution in [1.82, 2.24) is 0 Å². The molecule has 3 nitrogen and oxygen atoms in total. The van der Waals surface area contributed by atoms with Gasteiger partial charge >= 0.3 is 0 Å². The molecule has 0 fully saturated rings. The summed E-state index contributed by atoms with van der Waals surface area (Å²) in [7, 11) is -3.54. The van der Waals surface area contributed by atoms with E-state index >= 15 is 0 Å². The smallest absolute Gasteiger partial charge is 0.179 e. The van der Waals surface area contributed by atoms with Crippen molar-refractivity contribution < 1.29 is 22.0 Å². The Labute approximate surface area is 95.9 Å². The summed E-state index contributed by atoms with van der Waals surface area (Å²) in [6.07, 6.45) is 0.860. The van der Waals surface area contributed by atoms with Gasteiger partial charge in [-0.25, -0.2) is 17.2 Å². The summed E-state index contributed by atoms with van der Waals surface area (Å²) in [5, 5.41) is -0.312. The van der Waals surface area contributed by atoms with Crippen LogP contribution in [-0.2, 0) is 9.84 Å². The van der Waals surface area contributed by atoms with Crippen LogP contribution in [0.2, 0.25) is 5.02 Å². The molecule has 0 N–H and O–H groups in total. The molecule has 1 aromatic rings. The van der Waals surface area contributed by atoms with Gasteiger partial charge in [0.2, 0.25) is 0 Å². The van der Waals surface area contributed by atoms with E-state index in [0.29, 0.717) is 12.1 Å². The van der Waals surface area contributed by atoms with Crippen LogP contribution in [0.3, 0.4) is 0 Å². The number of rotatable bonds is 3. The molecule has 0 aliphatic heterocycles. The molecule has 0 bridgehead atoms. The van der Waals surface area contributed by atoms with Crippen LogP contribution in [0.15, 0.2) is 12.1 Å². The molecule has 1 rings (SSSR count). The number of Topliss-reactive ketones (excluding diaryl/α,β-unsaturated/α-hetero) is 1. The first-order chi connectivity index (χ1) is 7.20. The molecular formula is C9H7ClF2O3S. The molecule has 0 unspecified atom stereocenters. The summed E-state index contributed by atoms with van der Waals surface area (Å²) >= 11 is 5.50. The Balaban J connectivity index is 3.15. The molecule has 0 saturated carbocycles. The van der Waals surface area contributed by atoms with Gasteiger partial charge in [-0.3, -0.25) is 4.79 Å². The number of carbonyl (C=O) groups is 1. The SMILES string of the molecule is CS(=O)(=O)CC(=O)c1cc(F)c(F)cc1Cl. The maximum atomic E-state index is 12.8. The van der Waals surface area contributed by atoms with Gasteiger partial charge in [-0.15, -0.1) is 0 Å². The molecule has 0 amide bonds. The molecule has 0 atom stereocenters. The fraction of sp³-hybridized carbons (Fsp3) is 0.222. The van der Waals surface area contributed by atoms with Crippen molar-refractivity contribution in [3.8, 4) is 0 Å². The van der Waals surface area contributed by atoms with E-state index in [-0.39, 0.29) is 10.6 Å². The van der Waals surface area contributed by atoms with Crippen LogP contribution in [0.5, 0.6) is 0 Å². The van der Waals surface area contributed by atoms with Crippen LogP contribution < -0.4 is 0 Å². The average Bonchev–Trinajstić information content (AvgIpc) is 2.08. The molecule has 88 valence electrons. The van der Waals surface area contributed by atoms with Crippen molar-refractivity contribution in [2.45, 2.75) is 0 Å². The molecule has 0 aliphatic carbocycles. The van der Waals surface area contributed by atoms with Crippen molar-refractivity contribution in [3.05, 3.63) is 34.4 Å². The van der Waals surface area contributed by atoms with Gasteiger partial charge in [0.05, 0.1) is 5.02 Å². The van der Waals surface area contributed by atoms with Gasteiger partial charge in [-0.05, 0) is 12.1 Å². The predicted octanol–water partition coefficient (Wildman–Crippen LogP) is 1.85. The highest BCUT2D eigenvalue weighted by Crippen LogP contribution is 2.20. The van der Waals surface area contributed by atoms with E-state index in [4.69, 9.17) is 11.6 Å². The van der Waals surface area contributed by atoms with Crippen LogP contribution in [0.25, 0.3) is 0 Å². The highest BCUT2D eigenvalue weighted by molar-refractivity contribution is 7.91. The summed E-state index contributed by atoms with van der Waals surface area (Å²) in [6, 6.07) is 1.22. The van der Waals surface area contributed by atoms with Crippen LogP contribution in [0.1, 0.15) is 10.4 Å².